The Bertz CT molecular complexity index is 1240. The van der Waals surface area contributed by atoms with Gasteiger partial charge in [0.1, 0.15) is 5.76 Å². The normalized spacial score (nSPS) is 16.2. The van der Waals surface area contributed by atoms with Crippen molar-refractivity contribution in [3.8, 4) is 0 Å². The lowest BCUT2D eigenvalue weighted by Gasteiger charge is -2.30. The van der Waals surface area contributed by atoms with Gasteiger partial charge in [-0.15, -0.1) is 0 Å². The van der Waals surface area contributed by atoms with Gasteiger partial charge in [0.05, 0.1) is 27.2 Å². The first kappa shape index (κ1) is 21.9. The van der Waals surface area contributed by atoms with Gasteiger partial charge in [0.15, 0.2) is 5.82 Å². The number of carbonyl (C=O) groups is 1. The molecule has 1 aromatic heterocycles. The van der Waals surface area contributed by atoms with Gasteiger partial charge in [0, 0.05) is 12.1 Å². The Morgan fingerprint density at radius 2 is 1.88 bits per heavy atom. The zero-order valence-corrected chi connectivity index (χ0v) is 18.7. The number of aromatic nitrogens is 2. The Hall–Kier alpha value is -3.29. The summed E-state index contributed by atoms with van der Waals surface area (Å²) in [7, 11) is 0. The largest absolute Gasteiger partial charge is 0.511 e. The number of carboxylic acid groups (broad SMARTS) is 1. The fourth-order valence-corrected chi connectivity index (χ4v) is 4.16. The maximum Gasteiger partial charge on any atom is 0.511 e. The van der Waals surface area contributed by atoms with Crippen LogP contribution in [0, 0.1) is 0 Å². The van der Waals surface area contributed by atoms with Gasteiger partial charge in [-0.3, -0.25) is 0 Å². The average molecular weight is 472 g/mol. The van der Waals surface area contributed by atoms with E-state index in [1.165, 1.54) is 0 Å². The van der Waals surface area contributed by atoms with Gasteiger partial charge in [-0.05, 0) is 31.0 Å². The van der Waals surface area contributed by atoms with Crippen LogP contribution in [-0.4, -0.2) is 21.4 Å². The predicted octanol–water partition coefficient (Wildman–Crippen LogP) is 6.01. The van der Waals surface area contributed by atoms with E-state index in [-0.39, 0.29) is 16.7 Å². The fraction of sp³-hybridized carbons (Fsp3) is 0.174. The summed E-state index contributed by atoms with van der Waals surface area (Å²) in [4.78, 5) is 16.0. The lowest BCUT2D eigenvalue weighted by Crippen LogP contribution is -2.26. The van der Waals surface area contributed by atoms with Crippen LogP contribution in [0.15, 0.2) is 70.2 Å². The average Bonchev–Trinajstić information content (AvgIpc) is 3.20. The summed E-state index contributed by atoms with van der Waals surface area (Å²) in [6.45, 7) is 3.56. The van der Waals surface area contributed by atoms with E-state index in [0.717, 1.165) is 5.56 Å². The van der Waals surface area contributed by atoms with E-state index in [0.29, 0.717) is 39.8 Å². The van der Waals surface area contributed by atoms with Crippen molar-refractivity contribution in [2.24, 2.45) is 0 Å². The van der Waals surface area contributed by atoms with Crippen LogP contribution in [0.1, 0.15) is 42.6 Å². The molecular formula is C23H19Cl2N3O4. The molecule has 0 bridgehead atoms. The van der Waals surface area contributed by atoms with Crippen molar-refractivity contribution in [3.63, 3.8) is 0 Å². The summed E-state index contributed by atoms with van der Waals surface area (Å²) in [6, 6.07) is 14.9. The van der Waals surface area contributed by atoms with E-state index in [2.05, 4.69) is 15.5 Å². The van der Waals surface area contributed by atoms with Crippen LogP contribution in [-0.2, 0) is 11.2 Å². The standard InChI is InChI=1S/C23H19Cl2N3O4/c1-12-18(22-27-17(28-32-22)11-14-7-4-3-5-8-14)19(15-9-6-10-16(24)20(15)25)21(13(2)26-12)31-23(29)30/h3-10,19,26H,11H2,1-2H3,(H,29,30). The minimum Gasteiger partial charge on any atom is -0.449 e. The van der Waals surface area contributed by atoms with Gasteiger partial charge in [-0.25, -0.2) is 4.79 Å². The fourth-order valence-electron chi connectivity index (χ4n) is 3.74. The van der Waals surface area contributed by atoms with Crippen LogP contribution >= 0.6 is 23.2 Å². The lowest BCUT2D eigenvalue weighted by atomic mass is 9.85. The second-order valence-electron chi connectivity index (χ2n) is 7.28. The monoisotopic (exact) mass is 471 g/mol. The van der Waals surface area contributed by atoms with Crippen molar-refractivity contribution in [3.05, 3.63) is 98.6 Å². The number of nitrogens with one attached hydrogen (secondary N) is 1. The minimum absolute atomic E-state index is 0.157. The first-order chi connectivity index (χ1) is 15.3. The molecule has 164 valence electrons. The third-order valence-electron chi connectivity index (χ3n) is 5.09. The van der Waals surface area contributed by atoms with Crippen LogP contribution in [0.3, 0.4) is 0 Å². The quantitative estimate of drug-likeness (QED) is 0.439. The zero-order valence-electron chi connectivity index (χ0n) is 17.2. The maximum absolute atomic E-state index is 11.5. The highest BCUT2D eigenvalue weighted by molar-refractivity contribution is 6.42. The molecule has 0 radical (unpaired) electrons. The topological polar surface area (TPSA) is 97.5 Å². The third-order valence-corrected chi connectivity index (χ3v) is 5.93. The summed E-state index contributed by atoms with van der Waals surface area (Å²) in [5.74, 6) is 0.170. The molecule has 2 aromatic carbocycles. The summed E-state index contributed by atoms with van der Waals surface area (Å²) in [5.41, 5.74) is 3.39. The van der Waals surface area contributed by atoms with Crippen molar-refractivity contribution in [1.82, 2.24) is 15.5 Å². The van der Waals surface area contributed by atoms with Crippen molar-refractivity contribution < 1.29 is 19.2 Å². The predicted molar refractivity (Wildman–Crippen MR) is 120 cm³/mol. The highest BCUT2D eigenvalue weighted by Gasteiger charge is 2.37. The van der Waals surface area contributed by atoms with Crippen LogP contribution < -0.4 is 5.32 Å². The van der Waals surface area contributed by atoms with Crippen molar-refractivity contribution in [2.45, 2.75) is 26.2 Å². The molecule has 1 aliphatic rings. The van der Waals surface area contributed by atoms with Crippen LogP contribution in [0.25, 0.3) is 5.57 Å². The van der Waals surface area contributed by atoms with Crippen molar-refractivity contribution in [2.75, 3.05) is 0 Å². The molecule has 7 nitrogen and oxygen atoms in total. The molecule has 1 aliphatic heterocycles. The molecule has 0 amide bonds. The molecule has 3 aromatic rings. The van der Waals surface area contributed by atoms with E-state index in [1.54, 1.807) is 25.1 Å². The highest BCUT2D eigenvalue weighted by Crippen LogP contribution is 2.46. The Balaban J connectivity index is 1.81. The lowest BCUT2D eigenvalue weighted by molar-refractivity contribution is 0.114. The van der Waals surface area contributed by atoms with Gasteiger partial charge in [0.2, 0.25) is 0 Å². The molecule has 4 rings (SSSR count). The summed E-state index contributed by atoms with van der Waals surface area (Å²) in [6.07, 6.45) is -0.960. The van der Waals surface area contributed by atoms with Gasteiger partial charge in [0.25, 0.3) is 5.89 Å². The first-order valence-corrected chi connectivity index (χ1v) is 10.5. The van der Waals surface area contributed by atoms with E-state index < -0.39 is 12.1 Å². The molecule has 32 heavy (non-hydrogen) atoms. The SMILES string of the molecule is CC1=C(OC(=O)O)C(c2cccc(Cl)c2Cl)C(c2nc(Cc3ccccc3)no2)=C(C)N1. The number of halogens is 2. The van der Waals surface area contributed by atoms with Gasteiger partial charge < -0.3 is 19.7 Å². The van der Waals surface area contributed by atoms with E-state index in [1.807, 2.05) is 37.3 Å². The maximum atomic E-state index is 11.5. The van der Waals surface area contributed by atoms with Gasteiger partial charge in [-0.1, -0.05) is 70.8 Å². The number of rotatable bonds is 5. The molecule has 2 heterocycles. The Kier molecular flexibility index (Phi) is 6.21. The van der Waals surface area contributed by atoms with E-state index in [4.69, 9.17) is 32.5 Å². The molecule has 0 fully saturated rings. The van der Waals surface area contributed by atoms with Crippen molar-refractivity contribution in [1.29, 1.82) is 0 Å². The molecule has 1 atom stereocenters. The molecule has 2 N–H and O–H groups in total. The number of hydrogen-bond donors (Lipinski definition) is 2. The highest BCUT2D eigenvalue weighted by atomic mass is 35.5. The molecule has 0 aliphatic carbocycles. The van der Waals surface area contributed by atoms with Crippen molar-refractivity contribution >= 4 is 34.9 Å². The number of dihydropyridines is 1. The molecule has 0 saturated carbocycles. The number of nitrogens with zero attached hydrogens (tertiary/aromatic N) is 2. The third kappa shape index (κ3) is 4.35. The first-order valence-electron chi connectivity index (χ1n) is 9.75. The molecule has 0 spiro atoms. The zero-order chi connectivity index (χ0) is 22.8. The summed E-state index contributed by atoms with van der Waals surface area (Å²) < 4.78 is 10.8. The van der Waals surface area contributed by atoms with Crippen LogP contribution in [0.5, 0.6) is 0 Å². The molecule has 9 heteroatoms. The number of benzene rings is 2. The summed E-state index contributed by atoms with van der Waals surface area (Å²) in [5, 5.41) is 17.2. The van der Waals surface area contributed by atoms with Gasteiger partial charge >= 0.3 is 6.16 Å². The second-order valence-corrected chi connectivity index (χ2v) is 8.06. The van der Waals surface area contributed by atoms with Crippen LogP contribution in [0.2, 0.25) is 10.0 Å². The Morgan fingerprint density at radius 1 is 1.12 bits per heavy atom. The molecule has 0 saturated heterocycles. The number of allylic oxidation sites excluding steroid dienone is 3. The van der Waals surface area contributed by atoms with E-state index >= 15 is 0 Å². The number of hydrogen-bond acceptors (Lipinski definition) is 6. The Morgan fingerprint density at radius 3 is 2.59 bits per heavy atom. The second kappa shape index (κ2) is 9.06. The minimum atomic E-state index is -1.45. The van der Waals surface area contributed by atoms with E-state index in [9.17, 15) is 9.90 Å². The Labute approximate surface area is 194 Å². The van der Waals surface area contributed by atoms with Gasteiger partial charge in [-0.2, -0.15) is 4.98 Å². The molecular weight excluding hydrogens is 453 g/mol. The van der Waals surface area contributed by atoms with Crippen LogP contribution in [0.4, 0.5) is 4.79 Å². The number of ether oxygens (including phenoxy) is 1. The smallest absolute Gasteiger partial charge is 0.449 e. The summed E-state index contributed by atoms with van der Waals surface area (Å²) >= 11 is 12.8. The molecule has 1 unspecified atom stereocenters.